The van der Waals surface area contributed by atoms with Gasteiger partial charge in [-0.1, -0.05) is 42.5 Å². The third kappa shape index (κ3) is 3.92. The molecule has 0 aliphatic heterocycles. The number of hydrogen-bond acceptors (Lipinski definition) is 3. The lowest BCUT2D eigenvalue weighted by Crippen LogP contribution is -2.42. The van der Waals surface area contributed by atoms with Crippen molar-refractivity contribution < 1.29 is 14.7 Å². The van der Waals surface area contributed by atoms with E-state index in [9.17, 15) is 19.5 Å². The number of nitrogens with one attached hydrogen (secondary N) is 2. The summed E-state index contributed by atoms with van der Waals surface area (Å²) in [5.74, 6) is -1.59. The van der Waals surface area contributed by atoms with Crippen LogP contribution in [0, 0.1) is 0 Å². The molecule has 0 spiro atoms. The Kier molecular flexibility index (Phi) is 5.16. The monoisotopic (exact) mass is 390 g/mol. The molecule has 1 aromatic heterocycles. The summed E-state index contributed by atoms with van der Waals surface area (Å²) in [7, 11) is 0. The van der Waals surface area contributed by atoms with Gasteiger partial charge in [0.25, 0.3) is 11.5 Å². The Balaban J connectivity index is 1.56. The SMILES string of the molecule is O=C(NC(CC1CCCc2ccccc21)C(=O)O)c1cc2ccccc2c(=O)[nH]1. The summed E-state index contributed by atoms with van der Waals surface area (Å²) in [5.41, 5.74) is 2.10. The van der Waals surface area contributed by atoms with Gasteiger partial charge >= 0.3 is 5.97 Å². The Morgan fingerprint density at radius 1 is 1.14 bits per heavy atom. The molecule has 6 nitrogen and oxygen atoms in total. The van der Waals surface area contributed by atoms with E-state index in [2.05, 4.69) is 16.4 Å². The summed E-state index contributed by atoms with van der Waals surface area (Å²) in [6, 6.07) is 15.6. The number of aliphatic carboxylic acids is 1. The van der Waals surface area contributed by atoms with Crippen molar-refractivity contribution in [1.82, 2.24) is 10.3 Å². The third-order valence-electron chi connectivity index (χ3n) is 5.62. The van der Waals surface area contributed by atoms with Gasteiger partial charge in [-0.25, -0.2) is 4.79 Å². The van der Waals surface area contributed by atoms with Gasteiger partial charge in [0.2, 0.25) is 0 Å². The molecule has 3 aromatic rings. The topological polar surface area (TPSA) is 99.3 Å². The fraction of sp³-hybridized carbons (Fsp3) is 0.261. The molecule has 4 rings (SSSR count). The molecule has 148 valence electrons. The van der Waals surface area contributed by atoms with Crippen LogP contribution in [0.1, 0.15) is 46.8 Å². The average molecular weight is 390 g/mol. The second-order valence-corrected chi connectivity index (χ2v) is 7.49. The van der Waals surface area contributed by atoms with Gasteiger partial charge in [-0.15, -0.1) is 0 Å². The first-order valence-corrected chi connectivity index (χ1v) is 9.76. The minimum absolute atomic E-state index is 0.0593. The van der Waals surface area contributed by atoms with Crippen LogP contribution in [0.2, 0.25) is 0 Å². The van der Waals surface area contributed by atoms with Gasteiger partial charge in [0.15, 0.2) is 0 Å². The van der Waals surface area contributed by atoms with Crippen LogP contribution in [0.25, 0.3) is 10.8 Å². The number of carbonyl (C=O) groups excluding carboxylic acids is 1. The number of aryl methyl sites for hydroxylation is 1. The third-order valence-corrected chi connectivity index (χ3v) is 5.62. The molecule has 3 N–H and O–H groups in total. The van der Waals surface area contributed by atoms with Crippen molar-refractivity contribution in [3.05, 3.63) is 81.8 Å². The van der Waals surface area contributed by atoms with Crippen LogP contribution >= 0.6 is 0 Å². The highest BCUT2D eigenvalue weighted by Crippen LogP contribution is 2.34. The molecular weight excluding hydrogens is 368 g/mol. The maximum Gasteiger partial charge on any atom is 0.326 e. The average Bonchev–Trinajstić information content (AvgIpc) is 2.73. The molecule has 1 aliphatic rings. The van der Waals surface area contributed by atoms with E-state index in [0.717, 1.165) is 19.3 Å². The molecule has 6 heteroatoms. The zero-order valence-electron chi connectivity index (χ0n) is 15.9. The molecule has 0 saturated heterocycles. The first-order valence-electron chi connectivity index (χ1n) is 9.76. The second kappa shape index (κ2) is 7.91. The number of carboxylic acids is 1. The predicted molar refractivity (Wildman–Crippen MR) is 110 cm³/mol. The van der Waals surface area contributed by atoms with E-state index in [4.69, 9.17) is 0 Å². The summed E-state index contributed by atoms with van der Waals surface area (Å²) >= 11 is 0. The number of fused-ring (bicyclic) bond motifs is 2. The lowest BCUT2D eigenvalue weighted by molar-refractivity contribution is -0.139. The Morgan fingerprint density at radius 2 is 1.90 bits per heavy atom. The smallest absolute Gasteiger partial charge is 0.326 e. The van der Waals surface area contributed by atoms with E-state index in [1.807, 2.05) is 18.2 Å². The fourth-order valence-corrected chi connectivity index (χ4v) is 4.17. The standard InChI is InChI=1S/C23H22N2O4/c26-21-18-11-4-2-7-16(18)12-19(24-21)22(27)25-20(23(28)29)13-15-9-5-8-14-6-1-3-10-17(14)15/h1-4,6-7,10-12,15,20H,5,8-9,13H2,(H,24,26)(H,25,27)(H,28,29). The van der Waals surface area contributed by atoms with Crippen LogP contribution in [0.4, 0.5) is 0 Å². The van der Waals surface area contributed by atoms with Crippen LogP contribution < -0.4 is 10.9 Å². The lowest BCUT2D eigenvalue weighted by Gasteiger charge is -2.28. The second-order valence-electron chi connectivity index (χ2n) is 7.49. The number of carboxylic acid groups (broad SMARTS) is 1. The Morgan fingerprint density at radius 3 is 2.72 bits per heavy atom. The van der Waals surface area contributed by atoms with E-state index in [1.165, 1.54) is 11.1 Å². The maximum atomic E-state index is 12.7. The summed E-state index contributed by atoms with van der Waals surface area (Å²) in [5, 5.41) is 13.4. The van der Waals surface area contributed by atoms with Crippen molar-refractivity contribution in [3.8, 4) is 0 Å². The van der Waals surface area contributed by atoms with E-state index in [1.54, 1.807) is 30.3 Å². The normalized spacial score (nSPS) is 16.8. The van der Waals surface area contributed by atoms with Crippen LogP contribution in [-0.4, -0.2) is 28.0 Å². The number of benzene rings is 2. The summed E-state index contributed by atoms with van der Waals surface area (Å²) in [6.07, 6.45) is 3.20. The minimum Gasteiger partial charge on any atom is -0.480 e. The predicted octanol–water partition coefficient (Wildman–Crippen LogP) is 3.22. The highest BCUT2D eigenvalue weighted by atomic mass is 16.4. The van der Waals surface area contributed by atoms with Gasteiger partial charge in [-0.3, -0.25) is 9.59 Å². The van der Waals surface area contributed by atoms with Crippen molar-refractivity contribution >= 4 is 22.6 Å². The summed E-state index contributed by atoms with van der Waals surface area (Å²) < 4.78 is 0. The van der Waals surface area contributed by atoms with Gasteiger partial charge in [0.05, 0.1) is 0 Å². The molecule has 1 aliphatic carbocycles. The van der Waals surface area contributed by atoms with E-state index >= 15 is 0 Å². The first kappa shape index (κ1) is 18.9. The molecule has 2 aromatic carbocycles. The van der Waals surface area contributed by atoms with Crippen molar-refractivity contribution in [2.75, 3.05) is 0 Å². The van der Waals surface area contributed by atoms with Crippen LogP contribution in [0.3, 0.4) is 0 Å². The number of aromatic nitrogens is 1. The molecule has 29 heavy (non-hydrogen) atoms. The van der Waals surface area contributed by atoms with Gasteiger partial charge in [-0.05, 0) is 60.2 Å². The molecule has 0 fully saturated rings. The molecule has 0 saturated carbocycles. The highest BCUT2D eigenvalue weighted by Gasteiger charge is 2.28. The van der Waals surface area contributed by atoms with Crippen molar-refractivity contribution in [2.45, 2.75) is 37.6 Å². The van der Waals surface area contributed by atoms with Crippen LogP contribution in [0.15, 0.2) is 59.4 Å². The van der Waals surface area contributed by atoms with Crippen molar-refractivity contribution in [1.29, 1.82) is 0 Å². The zero-order chi connectivity index (χ0) is 20.4. The van der Waals surface area contributed by atoms with E-state index in [-0.39, 0.29) is 17.2 Å². The summed E-state index contributed by atoms with van der Waals surface area (Å²) in [4.78, 5) is 39.3. The zero-order valence-corrected chi connectivity index (χ0v) is 15.9. The number of carbonyl (C=O) groups is 2. The van der Waals surface area contributed by atoms with Crippen LogP contribution in [0.5, 0.6) is 0 Å². The molecule has 0 bridgehead atoms. The number of hydrogen-bond donors (Lipinski definition) is 3. The van der Waals surface area contributed by atoms with Crippen molar-refractivity contribution in [3.63, 3.8) is 0 Å². The van der Waals surface area contributed by atoms with Gasteiger partial charge in [0.1, 0.15) is 11.7 Å². The Labute approximate surface area is 167 Å². The number of pyridine rings is 1. The van der Waals surface area contributed by atoms with Crippen LogP contribution in [-0.2, 0) is 11.2 Å². The van der Waals surface area contributed by atoms with Gasteiger partial charge in [0, 0.05) is 5.39 Å². The molecule has 1 amide bonds. The lowest BCUT2D eigenvalue weighted by atomic mass is 9.79. The number of rotatable bonds is 5. The molecule has 1 heterocycles. The Bertz CT molecular complexity index is 1130. The largest absolute Gasteiger partial charge is 0.480 e. The number of aromatic amines is 1. The first-order chi connectivity index (χ1) is 14.0. The van der Waals surface area contributed by atoms with Gasteiger partial charge < -0.3 is 15.4 Å². The van der Waals surface area contributed by atoms with Gasteiger partial charge in [-0.2, -0.15) is 0 Å². The summed E-state index contributed by atoms with van der Waals surface area (Å²) in [6.45, 7) is 0. The highest BCUT2D eigenvalue weighted by molar-refractivity contribution is 5.98. The molecule has 2 unspecified atom stereocenters. The minimum atomic E-state index is -1.08. The molecular formula is C23H22N2O4. The van der Waals surface area contributed by atoms with E-state index < -0.39 is 17.9 Å². The Hall–Kier alpha value is -3.41. The fourth-order valence-electron chi connectivity index (χ4n) is 4.17. The van der Waals surface area contributed by atoms with Crippen molar-refractivity contribution in [2.24, 2.45) is 0 Å². The quantitative estimate of drug-likeness (QED) is 0.623. The maximum absolute atomic E-state index is 12.7. The molecule has 2 atom stereocenters. The van der Waals surface area contributed by atoms with E-state index in [0.29, 0.717) is 17.2 Å². The molecule has 0 radical (unpaired) electrons. The number of H-pyrrole nitrogens is 1. The number of amides is 1.